The number of nitrogens with zero attached hydrogens (tertiary/aromatic N) is 1. The van der Waals surface area contributed by atoms with Gasteiger partial charge in [0.1, 0.15) is 10.4 Å². The Hall–Kier alpha value is -2.15. The van der Waals surface area contributed by atoms with Crippen LogP contribution in [-0.4, -0.2) is 25.1 Å². The van der Waals surface area contributed by atoms with Gasteiger partial charge in [-0.25, -0.2) is 18.1 Å². The third-order valence-electron chi connectivity index (χ3n) is 4.32. The number of halogens is 1. The summed E-state index contributed by atoms with van der Waals surface area (Å²) in [5, 5.41) is 11.2. The number of aromatic nitrogens is 1. The van der Waals surface area contributed by atoms with Gasteiger partial charge in [0, 0.05) is 17.6 Å². The van der Waals surface area contributed by atoms with Crippen LogP contribution in [0.2, 0.25) is 5.02 Å². The number of fused-ring (bicyclic) bond motifs is 1. The van der Waals surface area contributed by atoms with Gasteiger partial charge in [0.15, 0.2) is 5.75 Å². The van der Waals surface area contributed by atoms with Gasteiger partial charge in [0.2, 0.25) is 10.0 Å². The topological polar surface area (TPSA) is 79.3 Å². The van der Waals surface area contributed by atoms with Crippen LogP contribution in [0.3, 0.4) is 0 Å². The second kappa shape index (κ2) is 8.25. The Kier molecular flexibility index (Phi) is 5.99. The number of aromatic hydroxyl groups is 1. The molecule has 0 atom stereocenters. The normalized spacial score (nSPS) is 11.8. The highest BCUT2D eigenvalue weighted by Gasteiger charge is 2.22. The maximum absolute atomic E-state index is 12.6. The summed E-state index contributed by atoms with van der Waals surface area (Å²) >= 11 is 6.20. The lowest BCUT2D eigenvalue weighted by Crippen LogP contribution is -2.25. The minimum absolute atomic E-state index is 0.187. The van der Waals surface area contributed by atoms with Crippen molar-refractivity contribution < 1.29 is 13.5 Å². The minimum Gasteiger partial charge on any atom is -0.504 e. The Bertz CT molecular complexity index is 1050. The summed E-state index contributed by atoms with van der Waals surface area (Å²) in [7, 11) is -3.89. The van der Waals surface area contributed by atoms with Gasteiger partial charge in [-0.1, -0.05) is 41.9 Å². The van der Waals surface area contributed by atoms with Crippen molar-refractivity contribution in [2.24, 2.45) is 0 Å². The zero-order valence-electron chi connectivity index (χ0n) is 14.9. The number of aryl methyl sites for hydroxylation is 2. The molecule has 3 aromatic rings. The maximum Gasteiger partial charge on any atom is 0.244 e. The van der Waals surface area contributed by atoms with Gasteiger partial charge in [0.05, 0.1) is 5.02 Å². The molecule has 2 N–H and O–H groups in total. The predicted molar refractivity (Wildman–Crippen MR) is 108 cm³/mol. The maximum atomic E-state index is 12.6. The zero-order chi connectivity index (χ0) is 19.4. The van der Waals surface area contributed by atoms with E-state index in [1.807, 2.05) is 30.3 Å². The first-order valence-corrected chi connectivity index (χ1v) is 10.6. The summed E-state index contributed by atoms with van der Waals surface area (Å²) < 4.78 is 27.8. The Morgan fingerprint density at radius 2 is 1.85 bits per heavy atom. The molecular formula is C20H21ClN2O3S. The first-order chi connectivity index (χ1) is 12.9. The van der Waals surface area contributed by atoms with Gasteiger partial charge in [-0.05, 0) is 49.9 Å². The van der Waals surface area contributed by atoms with E-state index in [9.17, 15) is 13.5 Å². The second-order valence-electron chi connectivity index (χ2n) is 6.39. The zero-order valence-corrected chi connectivity index (χ0v) is 16.5. The Morgan fingerprint density at radius 3 is 2.59 bits per heavy atom. The number of benzene rings is 2. The summed E-state index contributed by atoms with van der Waals surface area (Å²) in [6.07, 6.45) is 2.43. The molecule has 5 nitrogen and oxygen atoms in total. The minimum atomic E-state index is -3.89. The number of unbranched alkanes of at least 4 members (excludes halogenated alkanes) is 1. The SMILES string of the molecule is Cc1ccc2c(Cl)cc(S(=O)(=O)NCCCCc3ccccc3)c(O)c2n1. The number of phenols is 1. The van der Waals surface area contributed by atoms with Crippen LogP contribution in [-0.2, 0) is 16.4 Å². The van der Waals surface area contributed by atoms with Gasteiger partial charge in [0.25, 0.3) is 0 Å². The molecule has 0 saturated carbocycles. The van der Waals surface area contributed by atoms with Gasteiger partial charge in [-0.15, -0.1) is 0 Å². The second-order valence-corrected chi connectivity index (χ2v) is 8.54. The number of nitrogens with one attached hydrogen (secondary N) is 1. The van der Waals surface area contributed by atoms with Crippen LogP contribution in [0.5, 0.6) is 5.75 Å². The molecule has 3 rings (SSSR count). The van der Waals surface area contributed by atoms with Crippen molar-refractivity contribution >= 4 is 32.5 Å². The van der Waals surface area contributed by atoms with Gasteiger partial charge < -0.3 is 5.11 Å². The fraction of sp³-hybridized carbons (Fsp3) is 0.250. The molecule has 0 unspecified atom stereocenters. The highest BCUT2D eigenvalue weighted by atomic mass is 35.5. The largest absolute Gasteiger partial charge is 0.504 e. The van der Waals surface area contributed by atoms with Crippen LogP contribution in [0.15, 0.2) is 53.4 Å². The number of sulfonamides is 1. The van der Waals surface area contributed by atoms with Crippen LogP contribution in [0.1, 0.15) is 24.1 Å². The lowest BCUT2D eigenvalue weighted by molar-refractivity contribution is 0.463. The standard InChI is InChI=1S/C20H21ClN2O3S/c1-14-10-11-16-17(21)13-18(20(24)19(16)23-14)27(25,26)22-12-6-5-9-15-7-3-2-4-8-15/h2-4,7-8,10-11,13,22,24H,5-6,9,12H2,1H3. The summed E-state index contributed by atoms with van der Waals surface area (Å²) in [6, 6.07) is 14.8. The average Bonchev–Trinajstić information content (AvgIpc) is 2.65. The molecule has 27 heavy (non-hydrogen) atoms. The summed E-state index contributed by atoms with van der Waals surface area (Å²) in [5.74, 6) is -0.380. The monoisotopic (exact) mass is 404 g/mol. The fourth-order valence-electron chi connectivity index (χ4n) is 2.90. The summed E-state index contributed by atoms with van der Waals surface area (Å²) in [6.45, 7) is 2.05. The smallest absolute Gasteiger partial charge is 0.244 e. The van der Waals surface area contributed by atoms with E-state index in [-0.39, 0.29) is 27.7 Å². The first kappa shape index (κ1) is 19.6. The van der Waals surface area contributed by atoms with E-state index in [0.717, 1.165) is 12.8 Å². The number of phenolic OH excluding ortho intramolecular Hbond substituents is 1. The lowest BCUT2D eigenvalue weighted by atomic mass is 10.1. The highest BCUT2D eigenvalue weighted by Crippen LogP contribution is 2.35. The Balaban J connectivity index is 1.70. The molecule has 0 aliphatic heterocycles. The van der Waals surface area contributed by atoms with Crippen LogP contribution < -0.4 is 4.72 Å². The quantitative estimate of drug-likeness (QED) is 0.578. The van der Waals surface area contributed by atoms with Crippen molar-refractivity contribution in [1.82, 2.24) is 9.71 Å². The molecule has 1 aromatic heterocycles. The van der Waals surface area contributed by atoms with Crippen LogP contribution in [0.4, 0.5) is 0 Å². The molecule has 1 heterocycles. The lowest BCUT2D eigenvalue weighted by Gasteiger charge is -2.11. The van der Waals surface area contributed by atoms with Crippen LogP contribution >= 0.6 is 11.6 Å². The van der Waals surface area contributed by atoms with Crippen molar-refractivity contribution in [1.29, 1.82) is 0 Å². The van der Waals surface area contributed by atoms with E-state index in [1.165, 1.54) is 11.6 Å². The molecule has 142 valence electrons. The van der Waals surface area contributed by atoms with Crippen molar-refractivity contribution in [3.05, 3.63) is 64.8 Å². The molecule has 0 bridgehead atoms. The average molecular weight is 405 g/mol. The molecule has 0 aliphatic carbocycles. The molecular weight excluding hydrogens is 384 g/mol. The fourth-order valence-corrected chi connectivity index (χ4v) is 4.41. The Labute approximate surface area is 164 Å². The van der Waals surface area contributed by atoms with E-state index in [2.05, 4.69) is 9.71 Å². The molecule has 2 aromatic carbocycles. The van der Waals surface area contributed by atoms with Crippen LogP contribution in [0.25, 0.3) is 10.9 Å². The number of hydrogen-bond donors (Lipinski definition) is 2. The number of pyridine rings is 1. The molecule has 7 heteroatoms. The first-order valence-electron chi connectivity index (χ1n) is 8.71. The molecule has 0 spiro atoms. The Morgan fingerprint density at radius 1 is 1.11 bits per heavy atom. The number of rotatable bonds is 7. The van der Waals surface area contributed by atoms with Crippen molar-refractivity contribution in [2.75, 3.05) is 6.54 Å². The third kappa shape index (κ3) is 4.58. The van der Waals surface area contributed by atoms with Crippen molar-refractivity contribution in [3.63, 3.8) is 0 Å². The summed E-state index contributed by atoms with van der Waals surface area (Å²) in [5.41, 5.74) is 2.07. The van der Waals surface area contributed by atoms with Gasteiger partial charge in [-0.2, -0.15) is 0 Å². The van der Waals surface area contributed by atoms with E-state index in [0.29, 0.717) is 17.5 Å². The third-order valence-corrected chi connectivity index (χ3v) is 6.11. The predicted octanol–water partition coefficient (Wildman–Crippen LogP) is 4.20. The molecule has 0 saturated heterocycles. The molecule has 0 aliphatic rings. The molecule has 0 fully saturated rings. The van der Waals surface area contributed by atoms with Crippen molar-refractivity contribution in [2.45, 2.75) is 31.1 Å². The van der Waals surface area contributed by atoms with Crippen LogP contribution in [0, 0.1) is 6.92 Å². The van der Waals surface area contributed by atoms with E-state index in [1.54, 1.807) is 19.1 Å². The van der Waals surface area contributed by atoms with Crippen molar-refractivity contribution in [3.8, 4) is 5.75 Å². The molecule has 0 amide bonds. The number of hydrogen-bond acceptors (Lipinski definition) is 4. The molecule has 0 radical (unpaired) electrons. The van der Waals surface area contributed by atoms with E-state index < -0.39 is 10.0 Å². The van der Waals surface area contributed by atoms with E-state index >= 15 is 0 Å². The van der Waals surface area contributed by atoms with E-state index in [4.69, 9.17) is 11.6 Å². The summed E-state index contributed by atoms with van der Waals surface area (Å²) in [4.78, 5) is 3.98. The highest BCUT2D eigenvalue weighted by molar-refractivity contribution is 7.89. The van der Waals surface area contributed by atoms with Gasteiger partial charge >= 0.3 is 0 Å². The van der Waals surface area contributed by atoms with Gasteiger partial charge in [-0.3, -0.25) is 0 Å².